The Labute approximate surface area is 138 Å². The van der Waals surface area contributed by atoms with E-state index in [4.69, 9.17) is 16.1 Å². The summed E-state index contributed by atoms with van der Waals surface area (Å²) >= 11 is 5.90. The molecule has 23 heavy (non-hydrogen) atoms. The number of rotatable bonds is 4. The number of hydrogen-bond donors (Lipinski definition) is 1. The first kappa shape index (κ1) is 14.4. The standard InChI is InChI=1S/C16H16ClN5O/c17-12-3-1-11(2-4-12)15-7-14(23-21-15)8-18-13-5-6-16-19-10-20-22(16)9-13/h1-4,7,10,13,18H,5-6,8-9H2/t13-/m0/s1. The van der Waals surface area contributed by atoms with E-state index in [2.05, 4.69) is 20.6 Å². The number of nitrogens with zero attached hydrogens (tertiary/aromatic N) is 4. The first-order valence-corrected chi connectivity index (χ1v) is 7.97. The molecule has 7 heteroatoms. The van der Waals surface area contributed by atoms with Gasteiger partial charge in [0.1, 0.15) is 17.8 Å². The van der Waals surface area contributed by atoms with E-state index in [0.717, 1.165) is 42.2 Å². The average Bonchev–Trinajstić information content (AvgIpc) is 3.22. The normalized spacial score (nSPS) is 17.2. The van der Waals surface area contributed by atoms with E-state index in [1.54, 1.807) is 6.33 Å². The van der Waals surface area contributed by atoms with Crippen molar-refractivity contribution >= 4 is 11.6 Å². The Balaban J connectivity index is 1.38. The fourth-order valence-electron chi connectivity index (χ4n) is 2.80. The number of halogens is 1. The van der Waals surface area contributed by atoms with Gasteiger partial charge in [-0.25, -0.2) is 9.67 Å². The molecule has 1 aliphatic rings. The van der Waals surface area contributed by atoms with Crippen molar-refractivity contribution in [2.24, 2.45) is 0 Å². The quantitative estimate of drug-likeness (QED) is 0.797. The van der Waals surface area contributed by atoms with Crippen molar-refractivity contribution in [2.75, 3.05) is 0 Å². The fraction of sp³-hybridized carbons (Fsp3) is 0.312. The van der Waals surface area contributed by atoms with E-state index in [9.17, 15) is 0 Å². The number of benzene rings is 1. The van der Waals surface area contributed by atoms with Crippen LogP contribution in [0.3, 0.4) is 0 Å². The van der Waals surface area contributed by atoms with Gasteiger partial charge in [-0.15, -0.1) is 0 Å². The smallest absolute Gasteiger partial charge is 0.151 e. The molecule has 1 aromatic carbocycles. The molecule has 0 bridgehead atoms. The lowest BCUT2D eigenvalue weighted by molar-refractivity contribution is 0.325. The molecule has 0 spiro atoms. The largest absolute Gasteiger partial charge is 0.359 e. The summed E-state index contributed by atoms with van der Waals surface area (Å²) < 4.78 is 7.37. The maximum Gasteiger partial charge on any atom is 0.151 e. The maximum atomic E-state index is 5.90. The van der Waals surface area contributed by atoms with Crippen LogP contribution in [0.4, 0.5) is 0 Å². The zero-order valence-electron chi connectivity index (χ0n) is 12.4. The topological polar surface area (TPSA) is 68.8 Å². The van der Waals surface area contributed by atoms with E-state index in [0.29, 0.717) is 17.6 Å². The van der Waals surface area contributed by atoms with Gasteiger partial charge in [-0.05, 0) is 18.6 Å². The molecule has 0 amide bonds. The van der Waals surface area contributed by atoms with Crippen LogP contribution in [0.15, 0.2) is 41.2 Å². The van der Waals surface area contributed by atoms with E-state index >= 15 is 0 Å². The highest BCUT2D eigenvalue weighted by atomic mass is 35.5. The molecule has 1 N–H and O–H groups in total. The van der Waals surface area contributed by atoms with E-state index in [-0.39, 0.29) is 0 Å². The second kappa shape index (κ2) is 6.14. The van der Waals surface area contributed by atoms with Gasteiger partial charge in [-0.1, -0.05) is 28.9 Å². The highest BCUT2D eigenvalue weighted by molar-refractivity contribution is 6.30. The highest BCUT2D eigenvalue weighted by Gasteiger charge is 2.19. The summed E-state index contributed by atoms with van der Waals surface area (Å²) in [5.74, 6) is 1.88. The Morgan fingerprint density at radius 1 is 1.30 bits per heavy atom. The summed E-state index contributed by atoms with van der Waals surface area (Å²) in [6.45, 7) is 1.49. The molecule has 4 rings (SSSR count). The molecule has 3 heterocycles. The summed E-state index contributed by atoms with van der Waals surface area (Å²) in [6, 6.07) is 9.89. The van der Waals surface area contributed by atoms with Crippen LogP contribution in [0.1, 0.15) is 18.0 Å². The molecule has 0 aliphatic carbocycles. The Morgan fingerprint density at radius 2 is 2.17 bits per heavy atom. The van der Waals surface area contributed by atoms with Crippen LogP contribution >= 0.6 is 11.6 Å². The van der Waals surface area contributed by atoms with Gasteiger partial charge in [0.25, 0.3) is 0 Å². The number of fused-ring (bicyclic) bond motifs is 1. The Bertz CT molecular complexity index is 795. The van der Waals surface area contributed by atoms with Crippen molar-refractivity contribution in [3.8, 4) is 11.3 Å². The Morgan fingerprint density at radius 3 is 3.04 bits per heavy atom. The van der Waals surface area contributed by atoms with E-state index < -0.39 is 0 Å². The predicted molar refractivity (Wildman–Crippen MR) is 85.9 cm³/mol. The van der Waals surface area contributed by atoms with Crippen LogP contribution in [-0.2, 0) is 19.5 Å². The summed E-state index contributed by atoms with van der Waals surface area (Å²) in [7, 11) is 0. The third-order valence-corrected chi connectivity index (χ3v) is 4.32. The van der Waals surface area contributed by atoms with Gasteiger partial charge in [0.05, 0.1) is 13.1 Å². The van der Waals surface area contributed by atoms with Crippen molar-refractivity contribution in [1.29, 1.82) is 0 Å². The van der Waals surface area contributed by atoms with Gasteiger partial charge in [0.2, 0.25) is 0 Å². The summed E-state index contributed by atoms with van der Waals surface area (Å²) in [5.41, 5.74) is 1.81. The minimum Gasteiger partial charge on any atom is -0.359 e. The first-order valence-electron chi connectivity index (χ1n) is 7.59. The van der Waals surface area contributed by atoms with Gasteiger partial charge in [0.15, 0.2) is 5.76 Å². The van der Waals surface area contributed by atoms with Gasteiger partial charge in [0, 0.05) is 29.1 Å². The lowest BCUT2D eigenvalue weighted by Crippen LogP contribution is -2.37. The molecule has 1 aliphatic heterocycles. The van der Waals surface area contributed by atoms with Crippen molar-refractivity contribution < 1.29 is 4.52 Å². The van der Waals surface area contributed by atoms with Gasteiger partial charge >= 0.3 is 0 Å². The minimum absolute atomic E-state index is 0.369. The third-order valence-electron chi connectivity index (χ3n) is 4.07. The average molecular weight is 330 g/mol. The highest BCUT2D eigenvalue weighted by Crippen LogP contribution is 2.21. The van der Waals surface area contributed by atoms with Crippen LogP contribution in [-0.4, -0.2) is 26.0 Å². The molecule has 1 atom stereocenters. The monoisotopic (exact) mass is 329 g/mol. The zero-order chi connectivity index (χ0) is 15.6. The molecule has 6 nitrogen and oxygen atoms in total. The van der Waals surface area contributed by atoms with Crippen LogP contribution in [0.2, 0.25) is 5.02 Å². The molecule has 2 aromatic heterocycles. The molecule has 0 radical (unpaired) electrons. The summed E-state index contributed by atoms with van der Waals surface area (Å²) in [4.78, 5) is 4.24. The van der Waals surface area contributed by atoms with E-state index in [1.165, 1.54) is 0 Å². The Kier molecular flexibility index (Phi) is 3.85. The van der Waals surface area contributed by atoms with Crippen LogP contribution < -0.4 is 5.32 Å². The summed E-state index contributed by atoms with van der Waals surface area (Å²) in [6.07, 6.45) is 3.62. The second-order valence-corrected chi connectivity index (χ2v) is 6.10. The molecule has 0 saturated carbocycles. The molecule has 3 aromatic rings. The SMILES string of the molecule is Clc1ccc(-c2cc(CN[C@H]3CCc4ncnn4C3)on2)cc1. The van der Waals surface area contributed by atoms with Crippen molar-refractivity contribution in [1.82, 2.24) is 25.2 Å². The van der Waals surface area contributed by atoms with Gasteiger partial charge in [-0.3, -0.25) is 0 Å². The first-order chi connectivity index (χ1) is 11.3. The van der Waals surface area contributed by atoms with Crippen LogP contribution in [0, 0.1) is 0 Å². The molecule has 0 unspecified atom stereocenters. The Hall–Kier alpha value is -2.18. The molecule has 118 valence electrons. The number of nitrogens with one attached hydrogen (secondary N) is 1. The summed E-state index contributed by atoms with van der Waals surface area (Å²) in [5, 5.41) is 12.6. The van der Waals surface area contributed by atoms with Gasteiger partial charge in [-0.2, -0.15) is 5.10 Å². The van der Waals surface area contributed by atoms with Crippen molar-refractivity contribution in [2.45, 2.75) is 32.0 Å². The molecule has 0 saturated heterocycles. The number of hydrogen-bond acceptors (Lipinski definition) is 5. The zero-order valence-corrected chi connectivity index (χ0v) is 13.2. The molecular formula is C16H16ClN5O. The fourth-order valence-corrected chi connectivity index (χ4v) is 2.93. The number of aromatic nitrogens is 4. The predicted octanol–water partition coefficient (Wildman–Crippen LogP) is 2.69. The van der Waals surface area contributed by atoms with Crippen molar-refractivity contribution in [3.05, 3.63) is 53.3 Å². The third kappa shape index (κ3) is 3.13. The van der Waals surface area contributed by atoms with Crippen LogP contribution in [0.25, 0.3) is 11.3 Å². The van der Waals surface area contributed by atoms with Crippen molar-refractivity contribution in [3.63, 3.8) is 0 Å². The lowest BCUT2D eigenvalue weighted by atomic mass is 10.1. The lowest BCUT2D eigenvalue weighted by Gasteiger charge is -2.23. The number of aryl methyl sites for hydroxylation is 1. The molecular weight excluding hydrogens is 314 g/mol. The second-order valence-electron chi connectivity index (χ2n) is 5.66. The van der Waals surface area contributed by atoms with Crippen LogP contribution in [0.5, 0.6) is 0 Å². The van der Waals surface area contributed by atoms with E-state index in [1.807, 2.05) is 35.0 Å². The maximum absolute atomic E-state index is 5.90. The minimum atomic E-state index is 0.369. The molecule has 0 fully saturated rings. The van der Waals surface area contributed by atoms with Gasteiger partial charge < -0.3 is 9.84 Å².